The van der Waals surface area contributed by atoms with Gasteiger partial charge in [0.25, 0.3) is 5.91 Å². The number of pyridine rings is 1. The third-order valence-electron chi connectivity index (χ3n) is 4.34. The summed E-state index contributed by atoms with van der Waals surface area (Å²) in [5, 5.41) is 8.13. The first-order valence-electron chi connectivity index (χ1n) is 8.62. The average molecular weight is 349 g/mol. The van der Waals surface area contributed by atoms with Gasteiger partial charge in [-0.15, -0.1) is 5.10 Å². The summed E-state index contributed by atoms with van der Waals surface area (Å²) in [5.74, 6) is 0.547. The van der Waals surface area contributed by atoms with Crippen molar-refractivity contribution in [3.8, 4) is 5.75 Å². The molecule has 0 N–H and O–H groups in total. The van der Waals surface area contributed by atoms with Gasteiger partial charge in [0, 0.05) is 6.20 Å². The molecule has 1 aliphatic heterocycles. The molecule has 1 amide bonds. The zero-order valence-corrected chi connectivity index (χ0v) is 14.4. The Bertz CT molecular complexity index is 909. The van der Waals surface area contributed by atoms with Crippen molar-refractivity contribution in [2.24, 2.45) is 0 Å². The fraction of sp³-hybridized carbons (Fsp3) is 0.263. The molecule has 1 aromatic carbocycles. The van der Waals surface area contributed by atoms with Crippen LogP contribution in [0.3, 0.4) is 0 Å². The van der Waals surface area contributed by atoms with E-state index in [-0.39, 0.29) is 12.0 Å². The number of nitrogens with zero attached hydrogens (tertiary/aromatic N) is 5. The number of anilines is 1. The first-order chi connectivity index (χ1) is 12.7. The van der Waals surface area contributed by atoms with Crippen LogP contribution in [-0.2, 0) is 6.54 Å². The smallest absolute Gasteiger partial charge is 0.280 e. The topological polar surface area (TPSA) is 73.1 Å². The van der Waals surface area contributed by atoms with Gasteiger partial charge in [-0.3, -0.25) is 14.7 Å². The van der Waals surface area contributed by atoms with E-state index in [1.807, 2.05) is 49.4 Å². The largest absolute Gasteiger partial charge is 0.486 e. The maximum Gasteiger partial charge on any atom is 0.280 e. The van der Waals surface area contributed by atoms with Gasteiger partial charge in [0.1, 0.15) is 11.9 Å². The number of ether oxygens (including phenoxy) is 1. The number of benzene rings is 1. The van der Waals surface area contributed by atoms with Crippen LogP contribution in [0.2, 0.25) is 0 Å². The minimum absolute atomic E-state index is 0.0302. The minimum atomic E-state index is -0.175. The van der Waals surface area contributed by atoms with Gasteiger partial charge in [0.05, 0.1) is 30.7 Å². The van der Waals surface area contributed by atoms with E-state index in [9.17, 15) is 4.79 Å². The molecule has 0 saturated carbocycles. The van der Waals surface area contributed by atoms with E-state index >= 15 is 0 Å². The standard InChI is InChI=1S/C19H19N5O2/c1-2-15-12-24(17-8-3-4-9-18(17)26-15)19(25)16-13-23(22-21-16)11-14-7-5-6-10-20-14/h3-10,13,15H,2,11-12H2,1H3. The summed E-state index contributed by atoms with van der Waals surface area (Å²) in [6.45, 7) is 3.02. The van der Waals surface area contributed by atoms with Gasteiger partial charge in [-0.05, 0) is 30.7 Å². The fourth-order valence-corrected chi connectivity index (χ4v) is 2.97. The summed E-state index contributed by atoms with van der Waals surface area (Å²) >= 11 is 0. The first kappa shape index (κ1) is 16.3. The van der Waals surface area contributed by atoms with E-state index in [4.69, 9.17) is 4.74 Å². The van der Waals surface area contributed by atoms with Crippen LogP contribution in [0.1, 0.15) is 29.5 Å². The van der Waals surface area contributed by atoms with E-state index in [2.05, 4.69) is 15.3 Å². The molecule has 0 spiro atoms. The number of carbonyl (C=O) groups excluding carboxylic acids is 1. The van der Waals surface area contributed by atoms with Crippen molar-refractivity contribution in [3.05, 3.63) is 66.2 Å². The SMILES string of the molecule is CCC1CN(C(=O)c2cn(Cc3ccccn3)nn2)c2ccccc2O1. The van der Waals surface area contributed by atoms with Crippen LogP contribution in [0.25, 0.3) is 0 Å². The first-order valence-corrected chi connectivity index (χ1v) is 8.62. The molecule has 26 heavy (non-hydrogen) atoms. The summed E-state index contributed by atoms with van der Waals surface area (Å²) in [7, 11) is 0. The molecule has 4 rings (SSSR count). The van der Waals surface area contributed by atoms with Gasteiger partial charge < -0.3 is 4.74 Å². The molecule has 3 aromatic rings. The van der Waals surface area contributed by atoms with Crippen molar-refractivity contribution in [1.82, 2.24) is 20.0 Å². The van der Waals surface area contributed by atoms with Gasteiger partial charge in [-0.2, -0.15) is 0 Å². The Kier molecular flexibility index (Phi) is 4.35. The summed E-state index contributed by atoms with van der Waals surface area (Å²) in [6, 6.07) is 13.3. The molecular formula is C19H19N5O2. The Morgan fingerprint density at radius 1 is 1.23 bits per heavy atom. The molecule has 7 nitrogen and oxygen atoms in total. The lowest BCUT2D eigenvalue weighted by atomic mass is 10.1. The van der Waals surface area contributed by atoms with Gasteiger partial charge in [0.15, 0.2) is 5.69 Å². The second-order valence-electron chi connectivity index (χ2n) is 6.15. The lowest BCUT2D eigenvalue weighted by molar-refractivity contribution is 0.0949. The maximum absolute atomic E-state index is 13.0. The summed E-state index contributed by atoms with van der Waals surface area (Å²) in [6.07, 6.45) is 4.19. The van der Waals surface area contributed by atoms with Crippen molar-refractivity contribution >= 4 is 11.6 Å². The minimum Gasteiger partial charge on any atom is -0.486 e. The number of carbonyl (C=O) groups is 1. The van der Waals surface area contributed by atoms with Crippen molar-refractivity contribution in [3.63, 3.8) is 0 Å². The van der Waals surface area contributed by atoms with Crippen molar-refractivity contribution in [2.45, 2.75) is 26.0 Å². The quantitative estimate of drug-likeness (QED) is 0.724. The summed E-state index contributed by atoms with van der Waals surface area (Å²) in [5.41, 5.74) is 1.94. The van der Waals surface area contributed by atoms with E-state index in [1.165, 1.54) is 0 Å². The zero-order chi connectivity index (χ0) is 17.9. The molecule has 1 unspecified atom stereocenters. The van der Waals surface area contributed by atoms with Crippen LogP contribution in [-0.4, -0.2) is 38.5 Å². The highest BCUT2D eigenvalue weighted by Gasteiger charge is 2.30. The number of aromatic nitrogens is 4. The normalized spacial score (nSPS) is 16.0. The van der Waals surface area contributed by atoms with E-state index < -0.39 is 0 Å². The number of fused-ring (bicyclic) bond motifs is 1. The van der Waals surface area contributed by atoms with E-state index in [0.717, 1.165) is 23.6 Å². The van der Waals surface area contributed by atoms with Gasteiger partial charge >= 0.3 is 0 Å². The second kappa shape index (κ2) is 6.95. The number of rotatable bonds is 4. The monoisotopic (exact) mass is 349 g/mol. The lowest BCUT2D eigenvalue weighted by Gasteiger charge is -2.34. The molecule has 0 fully saturated rings. The van der Waals surface area contributed by atoms with Crippen molar-refractivity contribution in [1.29, 1.82) is 0 Å². The van der Waals surface area contributed by atoms with E-state index in [1.54, 1.807) is 22.0 Å². The predicted octanol–water partition coefficient (Wildman–Crippen LogP) is 2.54. The van der Waals surface area contributed by atoms with E-state index in [0.29, 0.717) is 18.8 Å². The Morgan fingerprint density at radius 2 is 2.08 bits per heavy atom. The second-order valence-corrected chi connectivity index (χ2v) is 6.15. The molecule has 1 atom stereocenters. The Morgan fingerprint density at radius 3 is 2.88 bits per heavy atom. The van der Waals surface area contributed by atoms with Gasteiger partial charge in [-0.1, -0.05) is 30.3 Å². The lowest BCUT2D eigenvalue weighted by Crippen LogP contribution is -2.43. The molecule has 7 heteroatoms. The summed E-state index contributed by atoms with van der Waals surface area (Å²) < 4.78 is 7.56. The molecule has 0 bridgehead atoms. The van der Waals surface area contributed by atoms with Crippen LogP contribution in [0.5, 0.6) is 5.75 Å². The van der Waals surface area contributed by atoms with Crippen LogP contribution in [0.4, 0.5) is 5.69 Å². The highest BCUT2D eigenvalue weighted by Crippen LogP contribution is 2.34. The fourth-order valence-electron chi connectivity index (χ4n) is 2.97. The highest BCUT2D eigenvalue weighted by atomic mass is 16.5. The molecular weight excluding hydrogens is 330 g/mol. The van der Waals surface area contributed by atoms with Gasteiger partial charge in [0.2, 0.25) is 0 Å². The third kappa shape index (κ3) is 3.15. The predicted molar refractivity (Wildman–Crippen MR) is 96.2 cm³/mol. The van der Waals surface area contributed by atoms with Crippen LogP contribution < -0.4 is 9.64 Å². The molecule has 1 aliphatic rings. The average Bonchev–Trinajstić information content (AvgIpc) is 3.15. The molecule has 2 aromatic heterocycles. The third-order valence-corrected chi connectivity index (χ3v) is 4.34. The Hall–Kier alpha value is -3.22. The molecule has 0 radical (unpaired) electrons. The zero-order valence-electron chi connectivity index (χ0n) is 14.4. The van der Waals surface area contributed by atoms with Gasteiger partial charge in [-0.25, -0.2) is 4.68 Å². The van der Waals surface area contributed by atoms with Crippen LogP contribution in [0.15, 0.2) is 54.9 Å². The van der Waals surface area contributed by atoms with Crippen LogP contribution >= 0.6 is 0 Å². The Labute approximate surface area is 151 Å². The molecule has 3 heterocycles. The van der Waals surface area contributed by atoms with Crippen molar-refractivity contribution in [2.75, 3.05) is 11.4 Å². The van der Waals surface area contributed by atoms with Crippen molar-refractivity contribution < 1.29 is 9.53 Å². The molecule has 0 aliphatic carbocycles. The maximum atomic E-state index is 13.0. The number of hydrogen-bond acceptors (Lipinski definition) is 5. The highest BCUT2D eigenvalue weighted by molar-refractivity contribution is 6.05. The Balaban J connectivity index is 1.58. The molecule has 0 saturated heterocycles. The number of hydrogen-bond donors (Lipinski definition) is 0. The molecule has 132 valence electrons. The van der Waals surface area contributed by atoms with Crippen LogP contribution in [0, 0.1) is 0 Å². The number of para-hydroxylation sites is 2. The summed E-state index contributed by atoms with van der Waals surface area (Å²) in [4.78, 5) is 19.0. The number of amides is 1.